The van der Waals surface area contributed by atoms with Crippen LogP contribution in [0.1, 0.15) is 20.8 Å². The van der Waals surface area contributed by atoms with Gasteiger partial charge in [0.05, 0.1) is 12.4 Å². The maximum atomic E-state index is 11.8. The molecule has 102 valence electrons. The molecule has 1 saturated heterocycles. The fourth-order valence-electron chi connectivity index (χ4n) is 1.58. The van der Waals surface area contributed by atoms with Gasteiger partial charge in [0.1, 0.15) is 5.54 Å². The third kappa shape index (κ3) is 3.16. The van der Waals surface area contributed by atoms with E-state index in [1.807, 2.05) is 0 Å². The molecular formula is C11H18N2O4S. The minimum absolute atomic E-state index is 0.237. The molecule has 0 saturated carbocycles. The topological polar surface area (TPSA) is 75.7 Å². The molecule has 7 heteroatoms. The lowest BCUT2D eigenvalue weighted by atomic mass is 10.1. The summed E-state index contributed by atoms with van der Waals surface area (Å²) in [6.07, 6.45) is 0. The van der Waals surface area contributed by atoms with Crippen LogP contribution < -0.4 is 5.32 Å². The first-order valence-electron chi connectivity index (χ1n) is 5.63. The van der Waals surface area contributed by atoms with Gasteiger partial charge in [-0.1, -0.05) is 0 Å². The van der Waals surface area contributed by atoms with Crippen molar-refractivity contribution in [1.82, 2.24) is 10.2 Å². The Balaban J connectivity index is 2.43. The van der Waals surface area contributed by atoms with Gasteiger partial charge in [0, 0.05) is 12.3 Å². The molecule has 0 radical (unpaired) electrons. The van der Waals surface area contributed by atoms with E-state index >= 15 is 0 Å². The summed E-state index contributed by atoms with van der Waals surface area (Å²) in [6.45, 7) is 5.35. The van der Waals surface area contributed by atoms with Crippen LogP contribution in [-0.4, -0.2) is 53.0 Å². The van der Waals surface area contributed by atoms with E-state index in [1.54, 1.807) is 20.8 Å². The maximum absolute atomic E-state index is 11.8. The number of methoxy groups -OCH3 is 1. The highest BCUT2D eigenvalue weighted by Gasteiger charge is 2.43. The van der Waals surface area contributed by atoms with Crippen LogP contribution in [0.3, 0.4) is 0 Å². The van der Waals surface area contributed by atoms with E-state index in [9.17, 15) is 14.4 Å². The van der Waals surface area contributed by atoms with Crippen molar-refractivity contribution in [3.05, 3.63) is 0 Å². The van der Waals surface area contributed by atoms with E-state index in [0.717, 1.165) is 0 Å². The van der Waals surface area contributed by atoms with Gasteiger partial charge in [0.2, 0.25) is 0 Å². The van der Waals surface area contributed by atoms with Crippen molar-refractivity contribution in [2.24, 2.45) is 0 Å². The fraction of sp³-hybridized carbons (Fsp3) is 0.727. The van der Waals surface area contributed by atoms with Crippen LogP contribution in [0, 0.1) is 0 Å². The number of esters is 1. The second-order valence-corrected chi connectivity index (χ2v) is 6.00. The van der Waals surface area contributed by atoms with E-state index in [2.05, 4.69) is 10.1 Å². The molecule has 0 spiro atoms. The molecule has 1 heterocycles. The lowest BCUT2D eigenvalue weighted by Crippen LogP contribution is -2.40. The summed E-state index contributed by atoms with van der Waals surface area (Å²) in [5.74, 6) is -0.0396. The Kier molecular flexibility index (Phi) is 4.61. The molecule has 3 amide bonds. The smallest absolute Gasteiger partial charge is 0.325 e. The largest absolute Gasteiger partial charge is 0.468 e. The van der Waals surface area contributed by atoms with Crippen molar-refractivity contribution in [1.29, 1.82) is 0 Å². The average Bonchev–Trinajstić information content (AvgIpc) is 2.49. The number of hydrogen-bond donors (Lipinski definition) is 1. The molecule has 0 aliphatic carbocycles. The minimum Gasteiger partial charge on any atom is -0.468 e. The molecule has 1 aliphatic rings. The predicted octanol–water partition coefficient (Wildman–Crippen LogP) is 0.611. The molecule has 18 heavy (non-hydrogen) atoms. The van der Waals surface area contributed by atoms with E-state index in [1.165, 1.54) is 23.8 Å². The number of nitrogens with zero attached hydrogens (tertiary/aromatic N) is 1. The molecule has 0 aromatic heterocycles. The van der Waals surface area contributed by atoms with E-state index in [-0.39, 0.29) is 23.2 Å². The van der Waals surface area contributed by atoms with Crippen molar-refractivity contribution in [3.63, 3.8) is 0 Å². The monoisotopic (exact) mass is 274 g/mol. The van der Waals surface area contributed by atoms with Gasteiger partial charge in [-0.2, -0.15) is 0 Å². The van der Waals surface area contributed by atoms with Crippen LogP contribution >= 0.6 is 11.8 Å². The van der Waals surface area contributed by atoms with Crippen LogP contribution in [0.5, 0.6) is 0 Å². The fourth-order valence-corrected chi connectivity index (χ4v) is 2.45. The normalized spacial score (nSPS) is 19.7. The van der Waals surface area contributed by atoms with Crippen molar-refractivity contribution >= 4 is 29.7 Å². The summed E-state index contributed by atoms with van der Waals surface area (Å²) in [5, 5.41) is 2.30. The number of thioether (sulfide) groups is 1. The number of urea groups is 1. The van der Waals surface area contributed by atoms with Crippen molar-refractivity contribution in [2.45, 2.75) is 31.6 Å². The van der Waals surface area contributed by atoms with Gasteiger partial charge in [-0.15, -0.1) is 11.8 Å². The highest BCUT2D eigenvalue weighted by molar-refractivity contribution is 8.00. The summed E-state index contributed by atoms with van der Waals surface area (Å²) < 4.78 is 4.59. The summed E-state index contributed by atoms with van der Waals surface area (Å²) >= 11 is 1.35. The molecule has 0 unspecified atom stereocenters. The summed E-state index contributed by atoms with van der Waals surface area (Å²) in [7, 11) is 1.33. The molecule has 1 rings (SSSR count). The number of rotatable bonds is 5. The first-order chi connectivity index (χ1) is 8.29. The zero-order valence-electron chi connectivity index (χ0n) is 11.0. The minimum atomic E-state index is -0.838. The van der Waals surface area contributed by atoms with Crippen molar-refractivity contribution < 1.29 is 19.1 Å². The molecule has 1 fully saturated rings. The number of imide groups is 1. The molecule has 0 aromatic rings. The van der Waals surface area contributed by atoms with E-state index < -0.39 is 5.54 Å². The van der Waals surface area contributed by atoms with Gasteiger partial charge in [0.25, 0.3) is 5.91 Å². The van der Waals surface area contributed by atoms with Crippen LogP contribution in [0.4, 0.5) is 4.79 Å². The van der Waals surface area contributed by atoms with E-state index in [4.69, 9.17) is 0 Å². The average molecular weight is 274 g/mol. The molecule has 1 aliphatic heterocycles. The van der Waals surface area contributed by atoms with E-state index in [0.29, 0.717) is 12.3 Å². The summed E-state index contributed by atoms with van der Waals surface area (Å²) in [5.41, 5.74) is -0.838. The Morgan fingerprint density at radius 2 is 2.11 bits per heavy atom. The molecule has 0 aromatic carbocycles. The van der Waals surface area contributed by atoms with Gasteiger partial charge in [-0.05, 0) is 20.8 Å². The Hall–Kier alpha value is -1.24. The zero-order valence-corrected chi connectivity index (χ0v) is 11.8. The van der Waals surface area contributed by atoms with Crippen LogP contribution in [0.15, 0.2) is 0 Å². The second-order valence-electron chi connectivity index (χ2n) is 4.55. The standard InChI is InChI=1S/C11H18N2O4S/c1-7(8(14)17-4)18-6-5-13-9(15)11(2,3)12-10(13)16/h7H,5-6H2,1-4H3,(H,12,16)/t7-/m1/s1. The summed E-state index contributed by atoms with van der Waals surface area (Å²) in [4.78, 5) is 35.7. The van der Waals surface area contributed by atoms with Gasteiger partial charge in [0.15, 0.2) is 0 Å². The predicted molar refractivity (Wildman–Crippen MR) is 68.3 cm³/mol. The van der Waals surface area contributed by atoms with Gasteiger partial charge >= 0.3 is 12.0 Å². The third-order valence-electron chi connectivity index (χ3n) is 2.66. The number of amides is 3. The third-order valence-corrected chi connectivity index (χ3v) is 3.77. The molecule has 1 atom stereocenters. The van der Waals surface area contributed by atoms with Gasteiger partial charge in [-0.3, -0.25) is 14.5 Å². The number of nitrogens with one attached hydrogen (secondary N) is 1. The maximum Gasteiger partial charge on any atom is 0.325 e. The first-order valence-corrected chi connectivity index (χ1v) is 6.68. The van der Waals surface area contributed by atoms with Crippen LogP contribution in [-0.2, 0) is 14.3 Å². The number of ether oxygens (including phenoxy) is 1. The zero-order chi connectivity index (χ0) is 13.9. The highest BCUT2D eigenvalue weighted by atomic mass is 32.2. The van der Waals surface area contributed by atoms with Gasteiger partial charge < -0.3 is 10.1 Å². The number of carbonyl (C=O) groups is 3. The van der Waals surface area contributed by atoms with Crippen molar-refractivity contribution in [2.75, 3.05) is 19.4 Å². The highest BCUT2D eigenvalue weighted by Crippen LogP contribution is 2.18. The Bertz CT molecular complexity index is 370. The molecular weight excluding hydrogens is 256 g/mol. The number of carbonyl (C=O) groups excluding carboxylic acids is 3. The Labute approximate surface area is 110 Å². The van der Waals surface area contributed by atoms with Crippen LogP contribution in [0.2, 0.25) is 0 Å². The molecule has 6 nitrogen and oxygen atoms in total. The Morgan fingerprint density at radius 3 is 2.56 bits per heavy atom. The van der Waals surface area contributed by atoms with Crippen molar-refractivity contribution in [3.8, 4) is 0 Å². The number of hydrogen-bond acceptors (Lipinski definition) is 5. The summed E-state index contributed by atoms with van der Waals surface area (Å²) in [6, 6.07) is -0.378. The SMILES string of the molecule is COC(=O)[C@@H](C)SCCN1C(=O)NC(C)(C)C1=O. The Morgan fingerprint density at radius 1 is 1.50 bits per heavy atom. The van der Waals surface area contributed by atoms with Gasteiger partial charge in [-0.25, -0.2) is 4.79 Å². The second kappa shape index (κ2) is 5.60. The molecule has 1 N–H and O–H groups in total. The lowest BCUT2D eigenvalue weighted by Gasteiger charge is -2.16. The molecule has 0 bridgehead atoms. The lowest BCUT2D eigenvalue weighted by molar-refractivity contribution is -0.139. The first kappa shape index (κ1) is 14.8. The van der Waals surface area contributed by atoms with Crippen LogP contribution in [0.25, 0.3) is 0 Å². The quantitative estimate of drug-likeness (QED) is 0.587.